The van der Waals surface area contributed by atoms with Gasteiger partial charge in [0.15, 0.2) is 4.21 Å². The lowest BCUT2D eigenvalue weighted by molar-refractivity contribution is -0.127. The monoisotopic (exact) mass is 457 g/mol. The number of thiazole rings is 1. The number of halogens is 2. The lowest BCUT2D eigenvalue weighted by Gasteiger charge is -2.38. The maximum atomic E-state index is 14.3. The molecule has 0 radical (unpaired) electrons. The van der Waals surface area contributed by atoms with Gasteiger partial charge < -0.3 is 4.90 Å². The molecule has 2 aliphatic rings. The molecule has 10 heteroatoms. The minimum absolute atomic E-state index is 0.100. The fourth-order valence-electron chi connectivity index (χ4n) is 4.29. The molecule has 4 rings (SSSR count). The Balaban J connectivity index is 1.63. The molecule has 1 aromatic carbocycles. The molecule has 2 aromatic rings. The van der Waals surface area contributed by atoms with Gasteiger partial charge >= 0.3 is 0 Å². The van der Waals surface area contributed by atoms with E-state index in [9.17, 15) is 17.6 Å². The third-order valence-corrected chi connectivity index (χ3v) is 9.43. The van der Waals surface area contributed by atoms with Gasteiger partial charge in [-0.05, 0) is 51.3 Å². The minimum atomic E-state index is -3.73. The zero-order valence-corrected chi connectivity index (χ0v) is 18.5. The molecular weight excluding hydrogens is 437 g/mol. The van der Waals surface area contributed by atoms with Gasteiger partial charge in [-0.15, -0.1) is 11.3 Å². The summed E-state index contributed by atoms with van der Waals surface area (Å²) in [7, 11) is -3.73. The van der Waals surface area contributed by atoms with Crippen molar-refractivity contribution in [3.8, 4) is 0 Å². The van der Waals surface area contributed by atoms with Gasteiger partial charge in [-0.3, -0.25) is 4.79 Å². The van der Waals surface area contributed by atoms with Gasteiger partial charge in [0.1, 0.15) is 5.82 Å². The van der Waals surface area contributed by atoms with Gasteiger partial charge in [0.2, 0.25) is 5.91 Å². The van der Waals surface area contributed by atoms with Crippen molar-refractivity contribution in [2.45, 2.75) is 37.3 Å². The predicted octanol–water partition coefficient (Wildman–Crippen LogP) is 3.76. The van der Waals surface area contributed by atoms with E-state index in [0.29, 0.717) is 48.1 Å². The first-order chi connectivity index (χ1) is 13.6. The molecule has 156 valence electrons. The van der Waals surface area contributed by atoms with Crippen LogP contribution >= 0.6 is 22.9 Å². The summed E-state index contributed by atoms with van der Waals surface area (Å²) in [5.74, 6) is -0.758. The molecule has 2 fully saturated rings. The molecule has 3 heterocycles. The molecule has 0 saturated carbocycles. The van der Waals surface area contributed by atoms with E-state index in [1.54, 1.807) is 13.8 Å². The topological polar surface area (TPSA) is 70.6 Å². The number of amides is 1. The van der Waals surface area contributed by atoms with Crippen LogP contribution in [-0.4, -0.2) is 43.2 Å². The van der Waals surface area contributed by atoms with E-state index in [-0.39, 0.29) is 22.3 Å². The van der Waals surface area contributed by atoms with Gasteiger partial charge in [-0.1, -0.05) is 11.6 Å². The molecule has 2 saturated heterocycles. The minimum Gasteiger partial charge on any atom is -0.309 e. The number of sulfonamides is 1. The van der Waals surface area contributed by atoms with Gasteiger partial charge in [0.25, 0.3) is 10.0 Å². The second kappa shape index (κ2) is 7.30. The second-order valence-electron chi connectivity index (χ2n) is 7.63. The Bertz CT molecular complexity index is 1090. The van der Waals surface area contributed by atoms with Crippen molar-refractivity contribution in [2.75, 3.05) is 24.5 Å². The Labute approximate surface area is 178 Å². The van der Waals surface area contributed by atoms with Crippen LogP contribution in [0.15, 0.2) is 22.4 Å². The van der Waals surface area contributed by atoms with E-state index in [4.69, 9.17) is 11.6 Å². The largest absolute Gasteiger partial charge is 0.309 e. The second-order valence-corrected chi connectivity index (χ2v) is 11.4. The fourth-order valence-corrected chi connectivity index (χ4v) is 7.64. The van der Waals surface area contributed by atoms with Crippen LogP contribution in [0.4, 0.5) is 10.1 Å². The average Bonchev–Trinajstić information content (AvgIpc) is 3.17. The lowest BCUT2D eigenvalue weighted by Crippen LogP contribution is -2.49. The number of hydrogen-bond donors (Lipinski definition) is 0. The summed E-state index contributed by atoms with van der Waals surface area (Å²) in [5, 5.41) is 1.03. The average molecular weight is 458 g/mol. The van der Waals surface area contributed by atoms with Crippen molar-refractivity contribution < 1.29 is 17.6 Å². The van der Waals surface area contributed by atoms with Crippen molar-refractivity contribution in [1.82, 2.24) is 9.29 Å². The van der Waals surface area contributed by atoms with Crippen molar-refractivity contribution in [1.29, 1.82) is 0 Å². The first-order valence-electron chi connectivity index (χ1n) is 9.35. The number of benzene rings is 1. The maximum Gasteiger partial charge on any atom is 0.254 e. The summed E-state index contributed by atoms with van der Waals surface area (Å²) in [5.41, 5.74) is -0.214. The standard InChI is InChI=1S/C19H21ClFN3O3S2/c1-12-17(28-13(2)22-12)29(26,27)23-8-3-6-19(11-23)7-9-24(18(19)25)16-10-14(20)4-5-15(16)21/h4-5,10H,3,6-9,11H2,1-2H3. The van der Waals surface area contributed by atoms with Gasteiger partial charge in [-0.2, -0.15) is 4.31 Å². The van der Waals surface area contributed by atoms with Crippen LogP contribution in [0.1, 0.15) is 30.0 Å². The molecule has 2 aliphatic heterocycles. The zero-order chi connectivity index (χ0) is 21.0. The first-order valence-corrected chi connectivity index (χ1v) is 12.0. The third-order valence-electron chi connectivity index (χ3n) is 5.69. The summed E-state index contributed by atoms with van der Waals surface area (Å²) in [6, 6.07) is 4.11. The molecule has 0 bridgehead atoms. The van der Waals surface area contributed by atoms with E-state index in [2.05, 4.69) is 4.98 Å². The zero-order valence-electron chi connectivity index (χ0n) is 16.1. The number of hydrogen-bond acceptors (Lipinski definition) is 5. The van der Waals surface area contributed by atoms with Crippen molar-refractivity contribution in [3.63, 3.8) is 0 Å². The molecule has 1 spiro atoms. The Hall–Kier alpha value is -1.55. The number of carbonyl (C=O) groups excluding carboxylic acids is 1. The van der Waals surface area contributed by atoms with Gasteiger partial charge in [-0.25, -0.2) is 17.8 Å². The summed E-state index contributed by atoms with van der Waals surface area (Å²) < 4.78 is 42.4. The number of aromatic nitrogens is 1. The molecule has 6 nitrogen and oxygen atoms in total. The molecule has 29 heavy (non-hydrogen) atoms. The lowest BCUT2D eigenvalue weighted by atomic mass is 9.79. The molecule has 0 aliphatic carbocycles. The van der Waals surface area contributed by atoms with Gasteiger partial charge in [0, 0.05) is 24.7 Å². The van der Waals surface area contributed by atoms with E-state index >= 15 is 0 Å². The van der Waals surface area contributed by atoms with Crippen LogP contribution in [0.2, 0.25) is 5.02 Å². The number of anilines is 1. The van der Waals surface area contributed by atoms with Crippen LogP contribution in [0.3, 0.4) is 0 Å². The molecule has 0 N–H and O–H groups in total. The predicted molar refractivity (Wildman–Crippen MR) is 110 cm³/mol. The van der Waals surface area contributed by atoms with E-state index < -0.39 is 21.3 Å². The summed E-state index contributed by atoms with van der Waals surface area (Å²) >= 11 is 7.14. The van der Waals surface area contributed by atoms with E-state index in [1.807, 2.05) is 0 Å². The third kappa shape index (κ3) is 3.48. The maximum absolute atomic E-state index is 14.3. The first kappa shape index (κ1) is 20.7. The number of nitrogens with zero attached hydrogens (tertiary/aromatic N) is 3. The number of piperidine rings is 1. The van der Waals surface area contributed by atoms with Crippen molar-refractivity contribution in [3.05, 3.63) is 39.7 Å². The van der Waals surface area contributed by atoms with Crippen LogP contribution in [-0.2, 0) is 14.8 Å². The molecule has 1 amide bonds. The Morgan fingerprint density at radius 3 is 2.69 bits per heavy atom. The Morgan fingerprint density at radius 2 is 2.00 bits per heavy atom. The molecule has 1 atom stereocenters. The SMILES string of the molecule is Cc1nc(C)c(S(=O)(=O)N2CCCC3(CCN(c4cc(Cl)ccc4F)C3=O)C2)s1. The normalized spacial score (nSPS) is 23.3. The smallest absolute Gasteiger partial charge is 0.254 e. The Kier molecular flexibility index (Phi) is 5.21. The highest BCUT2D eigenvalue weighted by Gasteiger charge is 2.51. The molecule has 1 aromatic heterocycles. The van der Waals surface area contributed by atoms with Crippen LogP contribution in [0.5, 0.6) is 0 Å². The van der Waals surface area contributed by atoms with Crippen molar-refractivity contribution in [2.24, 2.45) is 5.41 Å². The van der Waals surface area contributed by atoms with Crippen LogP contribution in [0.25, 0.3) is 0 Å². The Morgan fingerprint density at radius 1 is 1.24 bits per heavy atom. The number of aryl methyl sites for hydroxylation is 2. The summed E-state index contributed by atoms with van der Waals surface area (Å²) in [6.45, 7) is 4.25. The van der Waals surface area contributed by atoms with Crippen LogP contribution < -0.4 is 4.90 Å². The van der Waals surface area contributed by atoms with Crippen molar-refractivity contribution >= 4 is 44.6 Å². The highest BCUT2D eigenvalue weighted by molar-refractivity contribution is 7.91. The summed E-state index contributed by atoms with van der Waals surface area (Å²) in [4.78, 5) is 18.9. The van der Waals surface area contributed by atoms with Gasteiger partial charge in [0.05, 0.1) is 21.8 Å². The fraction of sp³-hybridized carbons (Fsp3) is 0.474. The van der Waals surface area contributed by atoms with E-state index in [0.717, 1.165) is 11.3 Å². The highest BCUT2D eigenvalue weighted by atomic mass is 35.5. The van der Waals surface area contributed by atoms with E-state index in [1.165, 1.54) is 27.4 Å². The highest BCUT2D eigenvalue weighted by Crippen LogP contribution is 2.44. The number of rotatable bonds is 3. The summed E-state index contributed by atoms with van der Waals surface area (Å²) in [6.07, 6.45) is 1.63. The molecular formula is C19H21ClFN3O3S2. The number of carbonyl (C=O) groups is 1. The quantitative estimate of drug-likeness (QED) is 0.703. The van der Waals surface area contributed by atoms with Crippen LogP contribution in [0, 0.1) is 25.1 Å². The molecule has 1 unspecified atom stereocenters.